The number of aryl methyl sites for hydroxylation is 2. The second kappa shape index (κ2) is 5.11. The molecule has 1 heterocycles. The van der Waals surface area contributed by atoms with Gasteiger partial charge in [-0.3, -0.25) is 0 Å². The van der Waals surface area contributed by atoms with E-state index >= 15 is 0 Å². The van der Waals surface area contributed by atoms with Gasteiger partial charge in [0.1, 0.15) is 6.10 Å². The van der Waals surface area contributed by atoms with Crippen molar-refractivity contribution in [1.29, 1.82) is 0 Å². The maximum atomic E-state index is 10.4. The molecule has 90 valence electrons. The molecule has 0 spiro atoms. The van der Waals surface area contributed by atoms with Crippen molar-refractivity contribution in [1.82, 2.24) is 0 Å². The molecule has 0 radical (unpaired) electrons. The van der Waals surface area contributed by atoms with Gasteiger partial charge in [0.25, 0.3) is 0 Å². The van der Waals surface area contributed by atoms with E-state index in [9.17, 15) is 5.11 Å². The van der Waals surface area contributed by atoms with E-state index in [2.05, 4.69) is 15.9 Å². The van der Waals surface area contributed by atoms with Crippen LogP contribution in [-0.4, -0.2) is 5.11 Å². The first-order chi connectivity index (χ1) is 7.97. The van der Waals surface area contributed by atoms with Crippen LogP contribution in [0.15, 0.2) is 28.1 Å². The third kappa shape index (κ3) is 2.91. The summed E-state index contributed by atoms with van der Waals surface area (Å²) in [6.07, 6.45) is -0.616. The summed E-state index contributed by atoms with van der Waals surface area (Å²) >= 11 is 11.1. The summed E-state index contributed by atoms with van der Waals surface area (Å²) in [6, 6.07) is 7.61. The van der Waals surface area contributed by atoms with Crippen molar-refractivity contribution in [3.63, 3.8) is 0 Å². The summed E-state index contributed by atoms with van der Waals surface area (Å²) in [5.74, 6) is 0. The molecular formula is C13H12BrClOS. The zero-order valence-electron chi connectivity index (χ0n) is 9.50. The van der Waals surface area contributed by atoms with E-state index in [1.807, 2.05) is 38.1 Å². The number of rotatable bonds is 2. The molecule has 0 bridgehead atoms. The Bertz CT molecular complexity index is 530. The summed E-state index contributed by atoms with van der Waals surface area (Å²) in [4.78, 5) is 1.11. The smallest absolute Gasteiger partial charge is 0.105 e. The molecule has 0 amide bonds. The van der Waals surface area contributed by atoms with E-state index in [0.29, 0.717) is 5.02 Å². The first-order valence-electron chi connectivity index (χ1n) is 5.18. The summed E-state index contributed by atoms with van der Waals surface area (Å²) in [5, 5.41) is 11.0. The normalized spacial score (nSPS) is 12.8. The van der Waals surface area contributed by atoms with Crippen LogP contribution in [0, 0.1) is 13.8 Å². The minimum absolute atomic E-state index is 0.616. The van der Waals surface area contributed by atoms with Gasteiger partial charge in [-0.1, -0.05) is 17.7 Å². The predicted molar refractivity (Wildman–Crippen MR) is 77.0 cm³/mol. The quantitative estimate of drug-likeness (QED) is 0.833. The number of hydrogen-bond acceptors (Lipinski definition) is 2. The van der Waals surface area contributed by atoms with E-state index in [1.54, 1.807) is 11.3 Å². The molecule has 1 aromatic heterocycles. The minimum Gasteiger partial charge on any atom is -0.384 e. The van der Waals surface area contributed by atoms with Gasteiger partial charge in [-0.2, -0.15) is 0 Å². The fraction of sp³-hybridized carbons (Fsp3) is 0.231. The lowest BCUT2D eigenvalue weighted by molar-refractivity contribution is 0.220. The van der Waals surface area contributed by atoms with Crippen LogP contribution < -0.4 is 0 Å². The second-order valence-corrected chi connectivity index (χ2v) is 7.10. The molecule has 17 heavy (non-hydrogen) atoms. The highest BCUT2D eigenvalue weighted by Crippen LogP contribution is 2.34. The fourth-order valence-electron chi connectivity index (χ4n) is 1.83. The van der Waals surface area contributed by atoms with Crippen molar-refractivity contribution in [2.45, 2.75) is 20.0 Å². The van der Waals surface area contributed by atoms with Crippen LogP contribution in [0.4, 0.5) is 0 Å². The van der Waals surface area contributed by atoms with Gasteiger partial charge in [0, 0.05) is 9.90 Å². The maximum Gasteiger partial charge on any atom is 0.105 e. The number of halogens is 2. The van der Waals surface area contributed by atoms with E-state index in [0.717, 1.165) is 25.4 Å². The van der Waals surface area contributed by atoms with Crippen molar-refractivity contribution in [2.24, 2.45) is 0 Å². The molecule has 0 aliphatic carbocycles. The Morgan fingerprint density at radius 2 is 1.94 bits per heavy atom. The SMILES string of the molecule is Cc1cc(Cl)cc(C(O)c2cc(Br)sc2C)c1. The van der Waals surface area contributed by atoms with Gasteiger partial charge >= 0.3 is 0 Å². The van der Waals surface area contributed by atoms with Gasteiger partial charge < -0.3 is 5.11 Å². The molecule has 2 rings (SSSR count). The van der Waals surface area contributed by atoms with Crippen LogP contribution in [0.1, 0.15) is 27.7 Å². The zero-order chi connectivity index (χ0) is 12.6. The van der Waals surface area contributed by atoms with Gasteiger partial charge in [-0.05, 0) is 64.7 Å². The van der Waals surface area contributed by atoms with Crippen molar-refractivity contribution < 1.29 is 5.11 Å². The molecule has 0 aliphatic rings. The lowest BCUT2D eigenvalue weighted by Crippen LogP contribution is -2.00. The minimum atomic E-state index is -0.616. The third-order valence-electron chi connectivity index (χ3n) is 2.60. The van der Waals surface area contributed by atoms with Crippen LogP contribution in [0.2, 0.25) is 5.02 Å². The van der Waals surface area contributed by atoms with E-state index in [-0.39, 0.29) is 0 Å². The Morgan fingerprint density at radius 3 is 2.47 bits per heavy atom. The molecule has 1 aromatic carbocycles. The summed E-state index contributed by atoms with van der Waals surface area (Å²) < 4.78 is 1.03. The van der Waals surface area contributed by atoms with Gasteiger partial charge in [-0.25, -0.2) is 0 Å². The van der Waals surface area contributed by atoms with Gasteiger partial charge in [0.2, 0.25) is 0 Å². The number of benzene rings is 1. The Morgan fingerprint density at radius 1 is 1.24 bits per heavy atom. The first kappa shape index (κ1) is 13.1. The molecular weight excluding hydrogens is 320 g/mol. The Balaban J connectivity index is 2.43. The van der Waals surface area contributed by atoms with Crippen molar-refractivity contribution >= 4 is 38.9 Å². The average Bonchev–Trinajstić information content (AvgIpc) is 2.55. The Labute approximate surface area is 118 Å². The largest absolute Gasteiger partial charge is 0.384 e. The number of thiophene rings is 1. The van der Waals surface area contributed by atoms with Gasteiger partial charge in [0.15, 0.2) is 0 Å². The Kier molecular flexibility index (Phi) is 3.93. The number of aliphatic hydroxyl groups is 1. The fourth-order valence-corrected chi connectivity index (χ4v) is 3.87. The highest BCUT2D eigenvalue weighted by Gasteiger charge is 2.16. The molecule has 4 heteroatoms. The van der Waals surface area contributed by atoms with Crippen LogP contribution in [-0.2, 0) is 0 Å². The molecule has 1 unspecified atom stereocenters. The van der Waals surface area contributed by atoms with Crippen molar-refractivity contribution in [2.75, 3.05) is 0 Å². The summed E-state index contributed by atoms with van der Waals surface area (Å²) in [5.41, 5.74) is 2.82. The monoisotopic (exact) mass is 330 g/mol. The van der Waals surface area contributed by atoms with Crippen molar-refractivity contribution in [3.8, 4) is 0 Å². The zero-order valence-corrected chi connectivity index (χ0v) is 12.7. The van der Waals surface area contributed by atoms with Crippen LogP contribution >= 0.6 is 38.9 Å². The summed E-state index contributed by atoms with van der Waals surface area (Å²) in [6.45, 7) is 3.98. The third-order valence-corrected chi connectivity index (χ3v) is 4.39. The molecule has 0 aliphatic heterocycles. The number of aliphatic hydroxyl groups excluding tert-OH is 1. The summed E-state index contributed by atoms with van der Waals surface area (Å²) in [7, 11) is 0. The van der Waals surface area contributed by atoms with Crippen molar-refractivity contribution in [3.05, 3.63) is 54.6 Å². The molecule has 1 N–H and O–H groups in total. The molecule has 1 atom stereocenters. The highest BCUT2D eigenvalue weighted by atomic mass is 79.9. The molecule has 1 nitrogen and oxygen atoms in total. The first-order valence-corrected chi connectivity index (χ1v) is 7.17. The Hall–Kier alpha value is -0.350. The molecule has 0 fully saturated rings. The average molecular weight is 332 g/mol. The topological polar surface area (TPSA) is 20.2 Å². The van der Waals surface area contributed by atoms with Gasteiger partial charge in [-0.15, -0.1) is 11.3 Å². The van der Waals surface area contributed by atoms with E-state index < -0.39 is 6.10 Å². The molecule has 0 saturated heterocycles. The standard InChI is InChI=1S/C13H12BrClOS/c1-7-3-9(5-10(15)4-7)13(16)11-6-12(14)17-8(11)2/h3-6,13,16H,1-2H3. The van der Waals surface area contributed by atoms with E-state index in [1.165, 1.54) is 0 Å². The molecule has 0 saturated carbocycles. The van der Waals surface area contributed by atoms with Crippen LogP contribution in [0.3, 0.4) is 0 Å². The van der Waals surface area contributed by atoms with Crippen LogP contribution in [0.25, 0.3) is 0 Å². The predicted octanol–water partition coefficient (Wildman–Crippen LogP) is 4.86. The molecule has 2 aromatic rings. The van der Waals surface area contributed by atoms with Crippen LogP contribution in [0.5, 0.6) is 0 Å². The number of hydrogen-bond donors (Lipinski definition) is 1. The van der Waals surface area contributed by atoms with Gasteiger partial charge in [0.05, 0.1) is 3.79 Å². The second-order valence-electron chi connectivity index (χ2n) is 4.03. The highest BCUT2D eigenvalue weighted by molar-refractivity contribution is 9.11. The maximum absolute atomic E-state index is 10.4. The lowest BCUT2D eigenvalue weighted by atomic mass is 10.0. The van der Waals surface area contributed by atoms with E-state index in [4.69, 9.17) is 11.6 Å². The lowest BCUT2D eigenvalue weighted by Gasteiger charge is -2.12.